The fourth-order valence-electron chi connectivity index (χ4n) is 1.94. The lowest BCUT2D eigenvalue weighted by Crippen LogP contribution is -2.41. The molecule has 1 saturated heterocycles. The van der Waals surface area contributed by atoms with Crippen molar-refractivity contribution >= 4 is 41.9 Å². The van der Waals surface area contributed by atoms with Gasteiger partial charge in [0.1, 0.15) is 0 Å². The van der Waals surface area contributed by atoms with Gasteiger partial charge in [-0.15, -0.1) is 24.0 Å². The average molecular weight is 381 g/mol. The van der Waals surface area contributed by atoms with Gasteiger partial charge in [-0.2, -0.15) is 0 Å². The Morgan fingerprint density at radius 2 is 2.21 bits per heavy atom. The predicted octanol–water partition coefficient (Wildman–Crippen LogP) is -0.139. The highest BCUT2D eigenvalue weighted by Crippen LogP contribution is 2.26. The van der Waals surface area contributed by atoms with Gasteiger partial charge in [0.2, 0.25) is 5.91 Å². The van der Waals surface area contributed by atoms with Crippen LogP contribution in [-0.4, -0.2) is 49.0 Å². The number of rotatable bonds is 5. The van der Waals surface area contributed by atoms with Crippen LogP contribution in [0.15, 0.2) is 4.99 Å². The number of guanidine groups is 1. The summed E-state index contributed by atoms with van der Waals surface area (Å²) >= 11 is 0. The van der Waals surface area contributed by atoms with E-state index in [1.165, 1.54) is 24.2 Å². The monoisotopic (exact) mass is 381 g/mol. The van der Waals surface area contributed by atoms with E-state index >= 15 is 0 Å². The fourth-order valence-corrected chi connectivity index (χ4v) is 1.94. The largest absolute Gasteiger partial charge is 0.370 e. The molecule has 7 nitrogen and oxygen atoms in total. The number of imide groups is 1. The second kappa shape index (κ2) is 7.51. The smallest absolute Gasteiger partial charge is 0.324 e. The summed E-state index contributed by atoms with van der Waals surface area (Å²) in [7, 11) is 0. The number of halogens is 1. The Labute approximate surface area is 129 Å². The van der Waals surface area contributed by atoms with Gasteiger partial charge in [0.05, 0.1) is 6.54 Å². The molecule has 108 valence electrons. The van der Waals surface area contributed by atoms with Gasteiger partial charge < -0.3 is 16.4 Å². The van der Waals surface area contributed by atoms with Crippen LogP contribution in [-0.2, 0) is 4.79 Å². The van der Waals surface area contributed by atoms with Gasteiger partial charge in [0.15, 0.2) is 5.96 Å². The fraction of sp³-hybridized carbons (Fsp3) is 0.727. The first-order chi connectivity index (χ1) is 8.66. The normalized spacial score (nSPS) is 19.8. The van der Waals surface area contributed by atoms with Crippen LogP contribution in [0.3, 0.4) is 0 Å². The number of hydrogen-bond donors (Lipinski definition) is 3. The van der Waals surface area contributed by atoms with Crippen molar-refractivity contribution in [3.63, 3.8) is 0 Å². The van der Waals surface area contributed by atoms with E-state index in [0.717, 1.165) is 6.54 Å². The number of hydrogen-bond acceptors (Lipinski definition) is 3. The van der Waals surface area contributed by atoms with Gasteiger partial charge in [-0.05, 0) is 18.8 Å². The maximum atomic E-state index is 11.3. The van der Waals surface area contributed by atoms with Gasteiger partial charge in [-0.3, -0.25) is 14.7 Å². The number of urea groups is 1. The van der Waals surface area contributed by atoms with Gasteiger partial charge in [0.25, 0.3) is 0 Å². The van der Waals surface area contributed by atoms with E-state index in [2.05, 4.69) is 15.6 Å². The lowest BCUT2D eigenvalue weighted by Gasteiger charge is -2.23. The lowest BCUT2D eigenvalue weighted by molar-refractivity contribution is -0.124. The SMILES string of the molecule is I.NC(=NCC1CCC1)NCCN1C(=O)CNC1=O. The summed E-state index contributed by atoms with van der Waals surface area (Å²) in [5.41, 5.74) is 5.69. The van der Waals surface area contributed by atoms with E-state index in [0.29, 0.717) is 25.0 Å². The first kappa shape index (κ1) is 16.0. The minimum atomic E-state index is -0.341. The molecular weight excluding hydrogens is 361 g/mol. The van der Waals surface area contributed by atoms with Crippen LogP contribution < -0.4 is 16.4 Å². The summed E-state index contributed by atoms with van der Waals surface area (Å²) < 4.78 is 0. The van der Waals surface area contributed by atoms with Crippen molar-refractivity contribution in [3.8, 4) is 0 Å². The molecule has 0 bridgehead atoms. The Morgan fingerprint density at radius 1 is 1.47 bits per heavy atom. The molecule has 0 unspecified atom stereocenters. The molecule has 2 fully saturated rings. The standard InChI is InChI=1S/C11H19N5O2.HI/c12-10(14-6-8-2-1-3-8)13-4-5-16-9(17)7-15-11(16)18;/h8H,1-7H2,(H,15,18)(H3,12,13,14);1H. The Morgan fingerprint density at radius 3 is 2.74 bits per heavy atom. The molecule has 1 heterocycles. The number of carbonyl (C=O) groups is 2. The molecule has 8 heteroatoms. The molecule has 1 aliphatic heterocycles. The van der Waals surface area contributed by atoms with Gasteiger partial charge in [-0.1, -0.05) is 6.42 Å². The molecule has 0 aromatic carbocycles. The Balaban J connectivity index is 0.00000180. The third-order valence-corrected chi connectivity index (χ3v) is 3.32. The van der Waals surface area contributed by atoms with E-state index < -0.39 is 0 Å². The summed E-state index contributed by atoms with van der Waals surface area (Å²) in [6, 6.07) is -0.341. The van der Waals surface area contributed by atoms with Crippen LogP contribution >= 0.6 is 24.0 Å². The lowest BCUT2D eigenvalue weighted by atomic mass is 9.86. The highest BCUT2D eigenvalue weighted by molar-refractivity contribution is 14.0. The molecule has 0 atom stereocenters. The Hall–Kier alpha value is -1.06. The Kier molecular flexibility index (Phi) is 6.32. The number of nitrogens with zero attached hydrogens (tertiary/aromatic N) is 2. The topological polar surface area (TPSA) is 99.8 Å². The predicted molar refractivity (Wildman–Crippen MR) is 82.4 cm³/mol. The van der Waals surface area contributed by atoms with E-state index in [1.54, 1.807) is 0 Å². The molecule has 0 radical (unpaired) electrons. The highest BCUT2D eigenvalue weighted by Gasteiger charge is 2.27. The van der Waals surface area contributed by atoms with Gasteiger partial charge >= 0.3 is 6.03 Å². The molecule has 0 aromatic rings. The minimum absolute atomic E-state index is 0. The van der Waals surface area contributed by atoms with Crippen molar-refractivity contribution in [1.82, 2.24) is 15.5 Å². The number of amides is 3. The third-order valence-electron chi connectivity index (χ3n) is 3.32. The zero-order valence-corrected chi connectivity index (χ0v) is 13.1. The first-order valence-corrected chi connectivity index (χ1v) is 6.29. The van der Waals surface area contributed by atoms with Crippen LogP contribution in [0.5, 0.6) is 0 Å². The second-order valence-electron chi connectivity index (χ2n) is 4.65. The number of nitrogens with one attached hydrogen (secondary N) is 2. The zero-order valence-electron chi connectivity index (χ0n) is 10.7. The maximum absolute atomic E-state index is 11.3. The van der Waals surface area contributed by atoms with Crippen molar-refractivity contribution in [2.45, 2.75) is 19.3 Å². The van der Waals surface area contributed by atoms with E-state index in [4.69, 9.17) is 5.73 Å². The van der Waals surface area contributed by atoms with Crippen LogP contribution in [0.1, 0.15) is 19.3 Å². The number of aliphatic imine (C=N–C) groups is 1. The molecule has 0 spiro atoms. The Bertz CT molecular complexity index is 354. The molecule has 2 rings (SSSR count). The third kappa shape index (κ3) is 4.51. The number of carbonyl (C=O) groups excluding carboxylic acids is 2. The van der Waals surface area contributed by atoms with E-state index in [9.17, 15) is 9.59 Å². The van der Waals surface area contributed by atoms with E-state index in [-0.39, 0.29) is 42.5 Å². The molecule has 1 saturated carbocycles. The molecule has 1 aliphatic carbocycles. The summed E-state index contributed by atoms with van der Waals surface area (Å²) in [5, 5.41) is 5.37. The van der Waals surface area contributed by atoms with Gasteiger partial charge in [0, 0.05) is 19.6 Å². The summed E-state index contributed by atoms with van der Waals surface area (Å²) in [4.78, 5) is 27.9. The second-order valence-corrected chi connectivity index (χ2v) is 4.65. The minimum Gasteiger partial charge on any atom is -0.370 e. The quantitative estimate of drug-likeness (QED) is 0.267. The van der Waals surface area contributed by atoms with Crippen molar-refractivity contribution in [3.05, 3.63) is 0 Å². The van der Waals surface area contributed by atoms with Crippen LogP contribution in [0, 0.1) is 5.92 Å². The van der Waals surface area contributed by atoms with Crippen molar-refractivity contribution < 1.29 is 9.59 Å². The van der Waals surface area contributed by atoms with Crippen molar-refractivity contribution in [2.75, 3.05) is 26.2 Å². The molecule has 3 amide bonds. The van der Waals surface area contributed by atoms with Crippen LogP contribution in [0.2, 0.25) is 0 Å². The van der Waals surface area contributed by atoms with Crippen molar-refractivity contribution in [2.24, 2.45) is 16.6 Å². The summed E-state index contributed by atoms with van der Waals surface area (Å²) in [6.07, 6.45) is 3.76. The van der Waals surface area contributed by atoms with Crippen LogP contribution in [0.25, 0.3) is 0 Å². The highest BCUT2D eigenvalue weighted by atomic mass is 127. The number of nitrogens with two attached hydrogens (primary N) is 1. The molecule has 4 N–H and O–H groups in total. The first-order valence-electron chi connectivity index (χ1n) is 6.29. The molecule has 2 aliphatic rings. The summed E-state index contributed by atoms with van der Waals surface area (Å²) in [6.45, 7) is 1.59. The molecule has 0 aromatic heterocycles. The molecular formula is C11H20IN5O2. The van der Waals surface area contributed by atoms with Crippen molar-refractivity contribution in [1.29, 1.82) is 0 Å². The van der Waals surface area contributed by atoms with Gasteiger partial charge in [-0.25, -0.2) is 4.79 Å². The maximum Gasteiger partial charge on any atom is 0.324 e. The zero-order chi connectivity index (χ0) is 13.0. The molecule has 19 heavy (non-hydrogen) atoms. The van der Waals surface area contributed by atoms with E-state index in [1.807, 2.05) is 0 Å². The average Bonchev–Trinajstić information content (AvgIpc) is 2.58. The van der Waals surface area contributed by atoms with Crippen LogP contribution in [0.4, 0.5) is 4.79 Å². The summed E-state index contributed by atoms with van der Waals surface area (Å²) in [5.74, 6) is 0.858.